The summed E-state index contributed by atoms with van der Waals surface area (Å²) in [4.78, 5) is 0.937. The van der Waals surface area contributed by atoms with E-state index in [1.165, 1.54) is 12.8 Å². The molecule has 1 N–H and O–H groups in total. The summed E-state index contributed by atoms with van der Waals surface area (Å²) in [5, 5.41) is 3.49. The van der Waals surface area contributed by atoms with Crippen molar-refractivity contribution >= 4 is 10.8 Å². The number of nitrogens with one attached hydrogen (secondary N) is 1. The van der Waals surface area contributed by atoms with Crippen LogP contribution in [0.5, 0.6) is 0 Å². The summed E-state index contributed by atoms with van der Waals surface area (Å²) in [7, 11) is -0.865. The largest absolute Gasteiger partial charge is 0.316 e. The van der Waals surface area contributed by atoms with Crippen molar-refractivity contribution in [3.63, 3.8) is 0 Å². The van der Waals surface area contributed by atoms with Crippen LogP contribution in [-0.2, 0) is 10.8 Å². The zero-order valence-corrected chi connectivity index (χ0v) is 11.9. The van der Waals surface area contributed by atoms with E-state index < -0.39 is 10.8 Å². The van der Waals surface area contributed by atoms with Gasteiger partial charge < -0.3 is 5.32 Å². The fourth-order valence-electron chi connectivity index (χ4n) is 3.27. The van der Waals surface area contributed by atoms with E-state index in [9.17, 15) is 4.21 Å². The molecule has 3 heteroatoms. The number of rotatable bonds is 6. The molecule has 1 aromatic rings. The molecule has 4 atom stereocenters. The highest BCUT2D eigenvalue weighted by Crippen LogP contribution is 2.42. The Labute approximate surface area is 117 Å². The zero-order valence-electron chi connectivity index (χ0n) is 11.1. The van der Waals surface area contributed by atoms with Gasteiger partial charge in [0, 0.05) is 17.2 Å². The molecule has 0 aliphatic heterocycles. The van der Waals surface area contributed by atoms with E-state index in [2.05, 4.69) is 17.5 Å². The second kappa shape index (κ2) is 6.02. The smallest absolute Gasteiger partial charge is 0.0542 e. The van der Waals surface area contributed by atoms with E-state index in [1.54, 1.807) is 0 Å². The molecular weight excluding hydrogens is 254 g/mol. The number of hydrogen-bond acceptors (Lipinski definition) is 2. The lowest BCUT2D eigenvalue weighted by atomic mass is 9.94. The van der Waals surface area contributed by atoms with Gasteiger partial charge in [0.2, 0.25) is 0 Å². The molecule has 0 heterocycles. The Balaban J connectivity index is 1.37. The zero-order chi connectivity index (χ0) is 13.1. The summed E-state index contributed by atoms with van der Waals surface area (Å²) >= 11 is 0. The number of hydrogen-bond donors (Lipinski definition) is 1. The number of fused-ring (bicyclic) bond motifs is 2. The highest BCUT2D eigenvalue weighted by atomic mass is 32.2. The third kappa shape index (κ3) is 3.15. The molecular formula is C16H21NOS. The third-order valence-electron chi connectivity index (χ3n) is 4.29. The van der Waals surface area contributed by atoms with Crippen molar-refractivity contribution in [2.75, 3.05) is 18.8 Å². The van der Waals surface area contributed by atoms with E-state index in [0.29, 0.717) is 5.75 Å². The van der Waals surface area contributed by atoms with Crippen molar-refractivity contribution in [2.45, 2.75) is 17.7 Å². The van der Waals surface area contributed by atoms with Crippen LogP contribution >= 0.6 is 0 Å². The fraction of sp³-hybridized carbons (Fsp3) is 0.500. The maximum atomic E-state index is 12.0. The van der Waals surface area contributed by atoms with E-state index in [0.717, 1.165) is 35.7 Å². The minimum Gasteiger partial charge on any atom is -0.316 e. The van der Waals surface area contributed by atoms with Gasteiger partial charge >= 0.3 is 0 Å². The first kappa shape index (κ1) is 13.1. The summed E-state index contributed by atoms with van der Waals surface area (Å²) in [6.07, 6.45) is 7.48. The Hall–Kier alpha value is -0.930. The molecule has 0 amide bonds. The van der Waals surface area contributed by atoms with Crippen molar-refractivity contribution in [3.8, 4) is 0 Å². The predicted octanol–water partition coefficient (Wildman–Crippen LogP) is 2.60. The Morgan fingerprint density at radius 2 is 2.00 bits per heavy atom. The van der Waals surface area contributed by atoms with E-state index in [1.807, 2.05) is 30.3 Å². The lowest BCUT2D eigenvalue weighted by Gasteiger charge is -2.18. The van der Waals surface area contributed by atoms with Gasteiger partial charge in [-0.2, -0.15) is 0 Å². The predicted molar refractivity (Wildman–Crippen MR) is 79.4 cm³/mol. The quantitative estimate of drug-likeness (QED) is 0.639. The van der Waals surface area contributed by atoms with Gasteiger partial charge in [0.05, 0.1) is 10.8 Å². The van der Waals surface area contributed by atoms with Crippen molar-refractivity contribution in [1.29, 1.82) is 0 Å². The Bertz CT molecular complexity index is 471. The van der Waals surface area contributed by atoms with E-state index in [4.69, 9.17) is 0 Å². The Kier molecular flexibility index (Phi) is 4.14. The molecule has 2 bridgehead atoms. The van der Waals surface area contributed by atoms with Crippen LogP contribution in [0.3, 0.4) is 0 Å². The van der Waals surface area contributed by atoms with Crippen LogP contribution in [0.25, 0.3) is 0 Å². The van der Waals surface area contributed by atoms with Crippen LogP contribution < -0.4 is 5.32 Å². The average molecular weight is 275 g/mol. The van der Waals surface area contributed by atoms with Crippen molar-refractivity contribution in [2.24, 2.45) is 17.8 Å². The number of allylic oxidation sites excluding steroid dienone is 2. The van der Waals surface area contributed by atoms with Crippen molar-refractivity contribution in [3.05, 3.63) is 42.5 Å². The Morgan fingerprint density at radius 3 is 2.68 bits per heavy atom. The molecule has 0 radical (unpaired) electrons. The summed E-state index contributed by atoms with van der Waals surface area (Å²) in [5.41, 5.74) is 0. The SMILES string of the molecule is O=[S@@](CCNC[C@H]1C[C@H]2C=C[C@H]1C2)c1ccccc1. The van der Waals surface area contributed by atoms with Crippen LogP contribution in [0, 0.1) is 17.8 Å². The average Bonchev–Trinajstić information content (AvgIpc) is 3.07. The monoisotopic (exact) mass is 275 g/mol. The van der Waals surface area contributed by atoms with Gasteiger partial charge in [0.15, 0.2) is 0 Å². The van der Waals surface area contributed by atoms with Gasteiger partial charge in [-0.1, -0.05) is 30.4 Å². The first-order valence-corrected chi connectivity index (χ1v) is 8.47. The molecule has 2 aliphatic rings. The van der Waals surface area contributed by atoms with Gasteiger partial charge in [-0.25, -0.2) is 0 Å². The summed E-state index contributed by atoms with van der Waals surface area (Å²) < 4.78 is 12.0. The van der Waals surface area contributed by atoms with Crippen LogP contribution in [-0.4, -0.2) is 23.1 Å². The van der Waals surface area contributed by atoms with Gasteiger partial charge in [0.1, 0.15) is 0 Å². The van der Waals surface area contributed by atoms with Crippen LogP contribution in [0.2, 0.25) is 0 Å². The summed E-state index contributed by atoms with van der Waals surface area (Å²) in [6.45, 7) is 1.93. The molecule has 102 valence electrons. The second-order valence-corrected chi connectivity index (χ2v) is 7.18. The molecule has 1 fully saturated rings. The minimum absolute atomic E-state index is 0.709. The molecule has 0 spiro atoms. The fourth-order valence-corrected chi connectivity index (χ4v) is 4.30. The van der Waals surface area contributed by atoms with E-state index in [-0.39, 0.29) is 0 Å². The van der Waals surface area contributed by atoms with Crippen LogP contribution in [0.15, 0.2) is 47.4 Å². The highest BCUT2D eigenvalue weighted by Gasteiger charge is 2.34. The standard InChI is InChI=1S/C16H21NOS/c18-19(16-4-2-1-3-5-16)9-8-17-12-15-11-13-6-7-14(15)10-13/h1-7,13-15,17H,8-12H2/t13-,14-,15+,19-/m0/s1. The molecule has 1 saturated carbocycles. The second-order valence-electron chi connectivity index (χ2n) is 5.61. The first-order chi connectivity index (χ1) is 9.33. The molecule has 19 heavy (non-hydrogen) atoms. The van der Waals surface area contributed by atoms with Gasteiger partial charge in [-0.15, -0.1) is 0 Å². The first-order valence-electron chi connectivity index (χ1n) is 7.15. The Morgan fingerprint density at radius 1 is 1.16 bits per heavy atom. The summed E-state index contributed by atoms with van der Waals surface area (Å²) in [6, 6.07) is 9.74. The van der Waals surface area contributed by atoms with Gasteiger partial charge in [0.25, 0.3) is 0 Å². The third-order valence-corrected chi connectivity index (χ3v) is 5.67. The minimum atomic E-state index is -0.865. The molecule has 0 saturated heterocycles. The maximum absolute atomic E-state index is 12.0. The topological polar surface area (TPSA) is 29.1 Å². The van der Waals surface area contributed by atoms with Gasteiger partial charge in [-0.05, 0) is 49.3 Å². The van der Waals surface area contributed by atoms with Crippen molar-refractivity contribution in [1.82, 2.24) is 5.32 Å². The van der Waals surface area contributed by atoms with Crippen LogP contribution in [0.4, 0.5) is 0 Å². The molecule has 2 nitrogen and oxygen atoms in total. The number of benzene rings is 1. The molecule has 0 unspecified atom stereocenters. The molecule has 2 aliphatic carbocycles. The molecule has 1 aromatic carbocycles. The summed E-state index contributed by atoms with van der Waals surface area (Å²) in [5.74, 6) is 3.16. The van der Waals surface area contributed by atoms with Gasteiger partial charge in [-0.3, -0.25) is 4.21 Å². The highest BCUT2D eigenvalue weighted by molar-refractivity contribution is 7.85. The normalized spacial score (nSPS) is 29.8. The van der Waals surface area contributed by atoms with Crippen molar-refractivity contribution < 1.29 is 4.21 Å². The maximum Gasteiger partial charge on any atom is 0.0542 e. The lowest BCUT2D eigenvalue weighted by Crippen LogP contribution is -2.28. The lowest BCUT2D eigenvalue weighted by molar-refractivity contribution is 0.420. The molecule has 0 aromatic heterocycles. The van der Waals surface area contributed by atoms with E-state index >= 15 is 0 Å². The van der Waals surface area contributed by atoms with Crippen LogP contribution in [0.1, 0.15) is 12.8 Å². The molecule has 3 rings (SSSR count).